The highest BCUT2D eigenvalue weighted by atomic mass is 35.5. The maximum absolute atomic E-state index is 12.4. The summed E-state index contributed by atoms with van der Waals surface area (Å²) in [6, 6.07) is 13.7. The maximum atomic E-state index is 12.4. The van der Waals surface area contributed by atoms with E-state index >= 15 is 0 Å². The number of rotatable bonds is 8. The minimum atomic E-state index is -3.93. The van der Waals surface area contributed by atoms with Gasteiger partial charge in [-0.25, -0.2) is 13.2 Å². The topological polar surface area (TPSA) is 122 Å². The maximum Gasteiger partial charge on any atom is 0.321 e. The Morgan fingerprint density at radius 1 is 1.03 bits per heavy atom. The molecule has 0 aliphatic heterocycles. The van der Waals surface area contributed by atoms with Crippen LogP contribution < -0.4 is 10.6 Å². The summed E-state index contributed by atoms with van der Waals surface area (Å²) in [4.78, 5) is 35.2. The predicted molar refractivity (Wildman–Crippen MR) is 109 cm³/mol. The lowest BCUT2D eigenvalue weighted by molar-refractivity contribution is -0.148. The first kappa shape index (κ1) is 23.3. The number of ether oxygens (including phenoxy) is 1. The van der Waals surface area contributed by atoms with E-state index in [0.29, 0.717) is 5.02 Å². The number of hydrogen-bond donors (Lipinski definition) is 2. The second-order valence-corrected chi connectivity index (χ2v) is 8.57. The Hall–Kier alpha value is -2.95. The van der Waals surface area contributed by atoms with Crippen LogP contribution in [0.25, 0.3) is 0 Å². The molecule has 11 heteroatoms. The van der Waals surface area contributed by atoms with Crippen molar-refractivity contribution in [3.05, 3.63) is 65.2 Å². The van der Waals surface area contributed by atoms with E-state index in [-0.39, 0.29) is 11.4 Å². The molecule has 30 heavy (non-hydrogen) atoms. The van der Waals surface area contributed by atoms with Gasteiger partial charge < -0.3 is 10.1 Å². The zero-order valence-electron chi connectivity index (χ0n) is 16.0. The van der Waals surface area contributed by atoms with Gasteiger partial charge in [-0.2, -0.15) is 4.31 Å². The van der Waals surface area contributed by atoms with Crippen LogP contribution >= 0.6 is 11.6 Å². The van der Waals surface area contributed by atoms with Crippen LogP contribution in [-0.4, -0.2) is 50.8 Å². The van der Waals surface area contributed by atoms with Crippen LogP contribution in [0.15, 0.2) is 59.5 Å². The molecule has 2 aromatic rings. The van der Waals surface area contributed by atoms with Gasteiger partial charge in [0.15, 0.2) is 6.61 Å². The lowest BCUT2D eigenvalue weighted by Gasteiger charge is -2.16. The van der Waals surface area contributed by atoms with Gasteiger partial charge in [0, 0.05) is 18.6 Å². The number of esters is 1. The van der Waals surface area contributed by atoms with Gasteiger partial charge in [0.05, 0.1) is 4.90 Å². The number of hydrogen-bond acceptors (Lipinski definition) is 6. The number of carbonyl (C=O) groups excluding carboxylic acids is 3. The van der Waals surface area contributed by atoms with Crippen molar-refractivity contribution in [2.24, 2.45) is 0 Å². The molecule has 0 radical (unpaired) electrons. The Labute approximate surface area is 179 Å². The molecular weight excluding hydrogens is 434 g/mol. The second kappa shape index (κ2) is 10.7. The summed E-state index contributed by atoms with van der Waals surface area (Å²) in [6.45, 7) is -1.13. The Bertz CT molecular complexity index is 997. The molecule has 0 atom stereocenters. The number of carbonyl (C=O) groups is 3. The number of likely N-dealkylation sites (N-methyl/N-ethyl adjacent to an activating group) is 1. The van der Waals surface area contributed by atoms with Gasteiger partial charge >= 0.3 is 12.0 Å². The number of nitrogens with one attached hydrogen (secondary N) is 2. The number of benzene rings is 2. The summed E-state index contributed by atoms with van der Waals surface area (Å²) >= 11 is 5.73. The molecule has 160 valence electrons. The molecule has 0 fully saturated rings. The summed E-state index contributed by atoms with van der Waals surface area (Å²) in [7, 11) is -2.74. The SMILES string of the molecule is CN(CC(=O)OCC(=O)NC(=O)NCc1ccccc1)S(=O)(=O)c1ccc(Cl)cc1. The monoisotopic (exact) mass is 453 g/mol. The van der Waals surface area contributed by atoms with E-state index in [1.54, 1.807) is 12.1 Å². The average Bonchev–Trinajstić information content (AvgIpc) is 2.72. The van der Waals surface area contributed by atoms with E-state index in [1.807, 2.05) is 23.5 Å². The van der Waals surface area contributed by atoms with Crippen LogP contribution in [0, 0.1) is 0 Å². The number of nitrogens with zero attached hydrogens (tertiary/aromatic N) is 1. The Morgan fingerprint density at radius 3 is 2.30 bits per heavy atom. The van der Waals surface area contributed by atoms with Gasteiger partial charge in [0.1, 0.15) is 6.54 Å². The fraction of sp³-hybridized carbons (Fsp3) is 0.211. The van der Waals surface area contributed by atoms with Crippen LogP contribution in [0.4, 0.5) is 4.79 Å². The molecule has 3 amide bonds. The van der Waals surface area contributed by atoms with Gasteiger partial charge in [-0.3, -0.25) is 14.9 Å². The summed E-state index contributed by atoms with van der Waals surface area (Å²) in [5.41, 5.74) is 0.844. The van der Waals surface area contributed by atoms with Gasteiger partial charge in [-0.05, 0) is 29.8 Å². The molecule has 0 heterocycles. The fourth-order valence-corrected chi connectivity index (χ4v) is 3.47. The van der Waals surface area contributed by atoms with Gasteiger partial charge in [-0.1, -0.05) is 41.9 Å². The largest absolute Gasteiger partial charge is 0.455 e. The van der Waals surface area contributed by atoms with Crippen molar-refractivity contribution in [2.45, 2.75) is 11.4 Å². The Balaban J connectivity index is 1.75. The Morgan fingerprint density at radius 2 is 1.67 bits per heavy atom. The van der Waals surface area contributed by atoms with E-state index in [2.05, 4.69) is 5.32 Å². The molecule has 0 aliphatic rings. The van der Waals surface area contributed by atoms with E-state index in [0.717, 1.165) is 9.87 Å². The van der Waals surface area contributed by atoms with Crippen molar-refractivity contribution in [3.63, 3.8) is 0 Å². The molecule has 0 unspecified atom stereocenters. The zero-order chi connectivity index (χ0) is 22.1. The molecule has 0 aliphatic carbocycles. The number of sulfonamides is 1. The van der Waals surface area contributed by atoms with E-state index in [4.69, 9.17) is 16.3 Å². The summed E-state index contributed by atoms with van der Waals surface area (Å²) in [6.07, 6.45) is 0. The molecule has 2 rings (SSSR count). The number of imide groups is 1. The van der Waals surface area contributed by atoms with E-state index in [1.165, 1.54) is 31.3 Å². The molecular formula is C19H20ClN3O6S. The fourth-order valence-electron chi connectivity index (χ4n) is 2.23. The van der Waals surface area contributed by atoms with E-state index in [9.17, 15) is 22.8 Å². The Kier molecular flexibility index (Phi) is 8.34. The van der Waals surface area contributed by atoms with Crippen molar-refractivity contribution in [1.29, 1.82) is 0 Å². The van der Waals surface area contributed by atoms with Crippen LogP contribution in [0.3, 0.4) is 0 Å². The number of urea groups is 1. The highest BCUT2D eigenvalue weighted by Crippen LogP contribution is 2.17. The molecule has 0 saturated heterocycles. The predicted octanol–water partition coefficient (Wildman–Crippen LogP) is 1.53. The third kappa shape index (κ3) is 7.14. The molecule has 9 nitrogen and oxygen atoms in total. The molecule has 0 spiro atoms. The second-order valence-electron chi connectivity index (χ2n) is 6.09. The molecule has 0 aromatic heterocycles. The molecule has 2 aromatic carbocycles. The number of halogens is 1. The van der Waals surface area contributed by atoms with Crippen molar-refractivity contribution in [1.82, 2.24) is 14.9 Å². The number of amides is 3. The average molecular weight is 454 g/mol. The highest BCUT2D eigenvalue weighted by Gasteiger charge is 2.24. The van der Waals surface area contributed by atoms with Crippen molar-refractivity contribution >= 4 is 39.5 Å². The summed E-state index contributed by atoms with van der Waals surface area (Å²) in [5.74, 6) is -1.80. The van der Waals surface area contributed by atoms with Gasteiger partial charge in [0.2, 0.25) is 10.0 Å². The molecule has 0 bridgehead atoms. The third-order valence-electron chi connectivity index (χ3n) is 3.79. The van der Waals surface area contributed by atoms with Crippen LogP contribution in [-0.2, 0) is 30.9 Å². The molecule has 0 saturated carbocycles. The minimum Gasteiger partial charge on any atom is -0.455 e. The first-order valence-corrected chi connectivity index (χ1v) is 10.5. The van der Waals surface area contributed by atoms with Crippen molar-refractivity contribution in [3.8, 4) is 0 Å². The minimum absolute atomic E-state index is 0.0463. The van der Waals surface area contributed by atoms with Crippen molar-refractivity contribution in [2.75, 3.05) is 20.2 Å². The van der Waals surface area contributed by atoms with Crippen molar-refractivity contribution < 1.29 is 27.5 Å². The van der Waals surface area contributed by atoms with Gasteiger partial charge in [0.25, 0.3) is 5.91 Å². The molecule has 2 N–H and O–H groups in total. The quantitative estimate of drug-likeness (QED) is 0.584. The lowest BCUT2D eigenvalue weighted by Crippen LogP contribution is -2.41. The highest BCUT2D eigenvalue weighted by molar-refractivity contribution is 7.89. The zero-order valence-corrected chi connectivity index (χ0v) is 17.6. The lowest BCUT2D eigenvalue weighted by atomic mass is 10.2. The van der Waals surface area contributed by atoms with Gasteiger partial charge in [-0.15, -0.1) is 0 Å². The summed E-state index contributed by atoms with van der Waals surface area (Å²) in [5, 5.41) is 4.86. The first-order valence-electron chi connectivity index (χ1n) is 8.67. The van der Waals surface area contributed by atoms with Crippen LogP contribution in [0.5, 0.6) is 0 Å². The standard InChI is InChI=1S/C19H20ClN3O6S/c1-23(30(27,28)16-9-7-15(20)8-10-16)12-18(25)29-13-17(24)22-19(26)21-11-14-5-3-2-4-6-14/h2-10H,11-13H2,1H3,(H2,21,22,24,26). The van der Waals surface area contributed by atoms with Crippen LogP contribution in [0.1, 0.15) is 5.56 Å². The first-order chi connectivity index (χ1) is 14.2. The summed E-state index contributed by atoms with van der Waals surface area (Å²) < 4.78 is 30.3. The van der Waals surface area contributed by atoms with E-state index < -0.39 is 41.1 Å². The normalized spacial score (nSPS) is 11.0. The smallest absolute Gasteiger partial charge is 0.321 e. The third-order valence-corrected chi connectivity index (χ3v) is 5.86. The van der Waals surface area contributed by atoms with Crippen LogP contribution in [0.2, 0.25) is 5.02 Å².